The van der Waals surface area contributed by atoms with Gasteiger partial charge in [0.15, 0.2) is 0 Å². The van der Waals surface area contributed by atoms with E-state index in [0.29, 0.717) is 58.0 Å². The Kier molecular flexibility index (Phi) is 11.8. The van der Waals surface area contributed by atoms with Gasteiger partial charge in [-0.3, -0.25) is 14.4 Å². The number of unbranched alkanes of at least 4 members (excludes halogenated alkanes) is 1. The molecule has 1 aliphatic heterocycles. The Morgan fingerprint density at radius 3 is 2.69 bits per heavy atom. The number of hydrogen-bond donors (Lipinski definition) is 1. The van der Waals surface area contributed by atoms with Crippen LogP contribution in [-0.4, -0.2) is 77.2 Å². The number of piperazine rings is 1. The van der Waals surface area contributed by atoms with E-state index < -0.39 is 5.91 Å². The molecular formula is C27H40N8O3S. The van der Waals surface area contributed by atoms with E-state index in [1.807, 2.05) is 17.9 Å². The maximum Gasteiger partial charge on any atom is 0.286 e. The van der Waals surface area contributed by atoms with Crippen LogP contribution in [0.4, 0.5) is 5.82 Å². The molecule has 1 unspecified atom stereocenters. The zero-order valence-corrected chi connectivity index (χ0v) is 24.0. The first-order valence-corrected chi connectivity index (χ1v) is 14.4. The number of thiophene rings is 1. The number of anilines is 1. The van der Waals surface area contributed by atoms with Gasteiger partial charge in [0.25, 0.3) is 5.91 Å². The molecule has 39 heavy (non-hydrogen) atoms. The summed E-state index contributed by atoms with van der Waals surface area (Å²) in [6, 6.07) is 1.98. The molecule has 0 spiro atoms. The molecule has 2 N–H and O–H groups in total. The number of aromatic nitrogens is 2. The number of aryl methyl sites for hydroxylation is 1. The average molecular weight is 557 g/mol. The van der Waals surface area contributed by atoms with Crippen molar-refractivity contribution in [1.29, 1.82) is 0 Å². The van der Waals surface area contributed by atoms with Gasteiger partial charge >= 0.3 is 0 Å². The Morgan fingerprint density at radius 2 is 2.03 bits per heavy atom. The van der Waals surface area contributed by atoms with Crippen LogP contribution in [0.5, 0.6) is 0 Å². The molecule has 3 heterocycles. The monoisotopic (exact) mass is 556 g/mol. The van der Waals surface area contributed by atoms with Gasteiger partial charge in [-0.2, -0.15) is 10.3 Å². The SMILES string of the molecule is C=CC(C)N=NN(C/C=C\CCC)OCCCC(=O)N1CCN(c2nc(C(N)=O)nc3sc(CC)cc23)CC1. The number of carbonyl (C=O) groups excluding carboxylic acids is 2. The minimum atomic E-state index is -0.645. The summed E-state index contributed by atoms with van der Waals surface area (Å²) in [4.78, 5) is 45.2. The minimum absolute atomic E-state index is 0.0221. The van der Waals surface area contributed by atoms with Gasteiger partial charge < -0.3 is 15.5 Å². The molecular weight excluding hydrogens is 516 g/mol. The molecule has 1 aliphatic rings. The molecule has 0 aliphatic carbocycles. The molecule has 12 heteroatoms. The molecule has 1 fully saturated rings. The standard InChI is InChI=1S/C27H40N8O3S/c1-5-8-9-10-13-35(32-31-20(4)6-2)38-18-11-12-23(36)33-14-16-34(17-15-33)26-22-19-21(7-3)39-27(22)30-25(29-26)24(28)37/h6,9-10,19-20H,2,5,7-8,11-18H2,1,3-4H3,(H2,28,37)/b10-9-,32-31?. The maximum absolute atomic E-state index is 12.9. The number of rotatable bonds is 15. The predicted octanol–water partition coefficient (Wildman–Crippen LogP) is 4.31. The Bertz CT molecular complexity index is 1170. The van der Waals surface area contributed by atoms with Crippen LogP contribution in [0.25, 0.3) is 10.2 Å². The number of amides is 2. The summed E-state index contributed by atoms with van der Waals surface area (Å²) in [5.41, 5.74) is 5.49. The smallest absolute Gasteiger partial charge is 0.286 e. The van der Waals surface area contributed by atoms with Crippen LogP contribution >= 0.6 is 11.3 Å². The lowest BCUT2D eigenvalue weighted by Crippen LogP contribution is -2.49. The van der Waals surface area contributed by atoms with Crippen molar-refractivity contribution < 1.29 is 14.4 Å². The largest absolute Gasteiger partial charge is 0.363 e. The summed E-state index contributed by atoms with van der Waals surface area (Å²) in [7, 11) is 0. The number of hydroxylamine groups is 1. The van der Waals surface area contributed by atoms with Gasteiger partial charge in [0.1, 0.15) is 10.6 Å². The second-order valence-electron chi connectivity index (χ2n) is 9.30. The highest BCUT2D eigenvalue weighted by molar-refractivity contribution is 7.18. The Labute approximate surface area is 234 Å². The third kappa shape index (κ3) is 8.82. The molecule has 11 nitrogen and oxygen atoms in total. The summed E-state index contributed by atoms with van der Waals surface area (Å²) in [5.74, 6) is 0.170. The number of allylic oxidation sites excluding steroid dienone is 1. The highest BCUT2D eigenvalue weighted by Gasteiger charge is 2.25. The lowest BCUT2D eigenvalue weighted by molar-refractivity contribution is -0.160. The summed E-state index contributed by atoms with van der Waals surface area (Å²) in [5, 5.41) is 10.7. The van der Waals surface area contributed by atoms with Crippen molar-refractivity contribution in [3.05, 3.63) is 41.6 Å². The van der Waals surface area contributed by atoms with Gasteiger partial charge in [0, 0.05) is 37.5 Å². The molecule has 1 saturated heterocycles. The molecule has 0 saturated carbocycles. The van der Waals surface area contributed by atoms with Gasteiger partial charge in [-0.25, -0.2) is 9.97 Å². The number of nitrogens with zero attached hydrogens (tertiary/aromatic N) is 7. The van der Waals surface area contributed by atoms with Crippen LogP contribution in [0.15, 0.2) is 41.2 Å². The van der Waals surface area contributed by atoms with Crippen LogP contribution in [0.2, 0.25) is 0 Å². The van der Waals surface area contributed by atoms with Gasteiger partial charge in [-0.15, -0.1) is 17.9 Å². The van der Waals surface area contributed by atoms with Gasteiger partial charge in [0.05, 0.1) is 24.6 Å². The van der Waals surface area contributed by atoms with E-state index in [2.05, 4.69) is 57.8 Å². The van der Waals surface area contributed by atoms with Crippen LogP contribution in [0.1, 0.15) is 62.0 Å². The second-order valence-corrected chi connectivity index (χ2v) is 10.4. The number of carbonyl (C=O) groups is 2. The molecule has 0 radical (unpaired) electrons. The van der Waals surface area contributed by atoms with Crippen molar-refractivity contribution in [2.75, 3.05) is 44.2 Å². The van der Waals surface area contributed by atoms with Crippen LogP contribution in [0, 0.1) is 0 Å². The van der Waals surface area contributed by atoms with Gasteiger partial charge in [-0.1, -0.05) is 38.5 Å². The highest BCUT2D eigenvalue weighted by Crippen LogP contribution is 2.32. The van der Waals surface area contributed by atoms with Gasteiger partial charge in [-0.05, 0) is 37.5 Å². The fourth-order valence-corrected chi connectivity index (χ4v) is 4.91. The molecule has 1 atom stereocenters. The van der Waals surface area contributed by atoms with Crippen molar-refractivity contribution in [3.8, 4) is 0 Å². The molecule has 3 rings (SSSR count). The van der Waals surface area contributed by atoms with Crippen molar-refractivity contribution >= 4 is 39.2 Å². The zero-order valence-electron chi connectivity index (χ0n) is 23.2. The maximum atomic E-state index is 12.9. The first kappa shape index (κ1) is 30.2. The van der Waals surface area contributed by atoms with E-state index in [1.165, 1.54) is 10.0 Å². The van der Waals surface area contributed by atoms with E-state index >= 15 is 0 Å². The highest BCUT2D eigenvalue weighted by atomic mass is 32.1. The predicted molar refractivity (Wildman–Crippen MR) is 155 cm³/mol. The third-order valence-electron chi connectivity index (χ3n) is 6.26. The van der Waals surface area contributed by atoms with E-state index in [-0.39, 0.29) is 17.8 Å². The van der Waals surface area contributed by atoms with Crippen molar-refractivity contribution in [2.45, 2.75) is 58.9 Å². The Hall–Kier alpha value is -3.38. The Balaban J connectivity index is 1.51. The lowest BCUT2D eigenvalue weighted by atomic mass is 10.2. The van der Waals surface area contributed by atoms with Crippen LogP contribution in [-0.2, 0) is 16.1 Å². The zero-order chi connectivity index (χ0) is 28.2. The molecule has 2 aromatic rings. The topological polar surface area (TPSA) is 130 Å². The quantitative estimate of drug-likeness (QED) is 0.150. The van der Waals surface area contributed by atoms with Crippen LogP contribution < -0.4 is 10.6 Å². The van der Waals surface area contributed by atoms with E-state index in [4.69, 9.17) is 10.6 Å². The summed E-state index contributed by atoms with van der Waals surface area (Å²) < 4.78 is 0. The number of nitrogens with two attached hydrogens (primary N) is 1. The van der Waals surface area contributed by atoms with Crippen molar-refractivity contribution in [1.82, 2.24) is 20.0 Å². The Morgan fingerprint density at radius 1 is 1.26 bits per heavy atom. The lowest BCUT2D eigenvalue weighted by Gasteiger charge is -2.35. The van der Waals surface area contributed by atoms with Crippen LogP contribution in [0.3, 0.4) is 0 Å². The second kappa shape index (κ2) is 15.3. The molecule has 2 aromatic heterocycles. The van der Waals surface area contributed by atoms with Crippen molar-refractivity contribution in [3.63, 3.8) is 0 Å². The fraction of sp³-hybridized carbons (Fsp3) is 0.556. The average Bonchev–Trinajstić information content (AvgIpc) is 3.38. The van der Waals surface area contributed by atoms with E-state index in [9.17, 15) is 9.59 Å². The van der Waals surface area contributed by atoms with E-state index in [0.717, 1.165) is 29.5 Å². The third-order valence-corrected chi connectivity index (χ3v) is 7.43. The number of hydrogen-bond acceptors (Lipinski definition) is 9. The fourth-order valence-electron chi connectivity index (χ4n) is 3.95. The molecule has 0 aromatic carbocycles. The number of fused-ring (bicyclic) bond motifs is 1. The van der Waals surface area contributed by atoms with Gasteiger partial charge in [0.2, 0.25) is 11.7 Å². The summed E-state index contributed by atoms with van der Waals surface area (Å²) >= 11 is 1.55. The minimum Gasteiger partial charge on any atom is -0.363 e. The first-order chi connectivity index (χ1) is 18.9. The normalized spacial score (nSPS) is 14.9. The number of primary amides is 1. The molecule has 0 bridgehead atoms. The molecule has 2 amide bonds. The summed E-state index contributed by atoms with van der Waals surface area (Å²) in [6.07, 6.45) is 9.71. The van der Waals surface area contributed by atoms with Crippen molar-refractivity contribution in [2.24, 2.45) is 16.1 Å². The first-order valence-electron chi connectivity index (χ1n) is 13.6. The molecule has 212 valence electrons. The summed E-state index contributed by atoms with van der Waals surface area (Å²) in [6.45, 7) is 13.0. The van der Waals surface area contributed by atoms with E-state index in [1.54, 1.807) is 17.4 Å².